The van der Waals surface area contributed by atoms with Crippen molar-refractivity contribution in [2.45, 2.75) is 12.5 Å². The molecule has 1 atom stereocenters. The zero-order valence-corrected chi connectivity index (χ0v) is 4.87. The van der Waals surface area contributed by atoms with Gasteiger partial charge in [-0.15, -0.1) is 6.58 Å². The molecule has 0 spiro atoms. The Morgan fingerprint density at radius 2 is 2.56 bits per heavy atom. The Bertz CT molecular complexity index is 157. The summed E-state index contributed by atoms with van der Waals surface area (Å²) in [6.45, 7) is 9.71. The molecule has 0 rings (SSSR count). The summed E-state index contributed by atoms with van der Waals surface area (Å²) in [6, 6.07) is -0.942. The normalized spacial score (nSPS) is 11.4. The summed E-state index contributed by atoms with van der Waals surface area (Å²) in [7, 11) is 0. The maximum Gasteiger partial charge on any atom is 0.388 e. The quantitative estimate of drug-likeness (QED) is 0.450. The lowest BCUT2D eigenvalue weighted by molar-refractivity contribution is -0.137. The average Bonchev–Trinajstić information content (AvgIpc) is 1.82. The molecule has 1 N–H and O–H groups in total. The largest absolute Gasteiger partial charge is 0.476 e. The third kappa shape index (κ3) is 2.50. The highest BCUT2D eigenvalue weighted by molar-refractivity contribution is 5.75. The molecule has 9 heavy (non-hydrogen) atoms. The maximum atomic E-state index is 10.1. The molecule has 0 aromatic heterocycles. The first-order valence-electron chi connectivity index (χ1n) is 2.42. The minimum atomic E-state index is -1.08. The first kappa shape index (κ1) is 7.70. The van der Waals surface area contributed by atoms with Gasteiger partial charge in [0.2, 0.25) is 0 Å². The smallest absolute Gasteiger partial charge is 0.388 e. The number of carboxylic acids is 1. The van der Waals surface area contributed by atoms with E-state index in [9.17, 15) is 4.79 Å². The molecule has 1 unspecified atom stereocenters. The fraction of sp³-hybridized carbons (Fsp3) is 0.333. The molecule has 0 amide bonds. The van der Waals surface area contributed by atoms with Gasteiger partial charge in [-0.05, 0) is 0 Å². The highest BCUT2D eigenvalue weighted by Gasteiger charge is 2.19. The predicted molar refractivity (Wildman–Crippen MR) is 32.8 cm³/mol. The molecule has 0 fully saturated rings. The average molecular weight is 125 g/mol. The van der Waals surface area contributed by atoms with Gasteiger partial charge in [-0.25, -0.2) is 11.4 Å². The number of hydrogen-bond acceptors (Lipinski definition) is 1. The van der Waals surface area contributed by atoms with Crippen LogP contribution in [-0.4, -0.2) is 17.1 Å². The number of carboxylic acid groups (broad SMARTS) is 1. The lowest BCUT2D eigenvalue weighted by Crippen LogP contribution is -2.14. The van der Waals surface area contributed by atoms with Gasteiger partial charge in [0.25, 0.3) is 0 Å². The van der Waals surface area contributed by atoms with Crippen molar-refractivity contribution in [1.82, 2.24) is 0 Å². The van der Waals surface area contributed by atoms with Crippen LogP contribution in [0.4, 0.5) is 0 Å². The van der Waals surface area contributed by atoms with Crippen LogP contribution in [0.3, 0.4) is 0 Å². The van der Waals surface area contributed by atoms with Gasteiger partial charge < -0.3 is 9.95 Å². The van der Waals surface area contributed by atoms with E-state index in [4.69, 9.17) is 11.7 Å². The van der Waals surface area contributed by atoms with Gasteiger partial charge in [0.15, 0.2) is 0 Å². The van der Waals surface area contributed by atoms with Crippen LogP contribution in [0.5, 0.6) is 0 Å². The van der Waals surface area contributed by atoms with Crippen molar-refractivity contribution in [3.63, 3.8) is 0 Å². The number of rotatable bonds is 3. The Morgan fingerprint density at radius 1 is 2.00 bits per heavy atom. The topological polar surface area (TPSA) is 41.7 Å². The third-order valence-electron chi connectivity index (χ3n) is 0.831. The van der Waals surface area contributed by atoms with Gasteiger partial charge in [0, 0.05) is 0 Å². The number of aliphatic carboxylic acids is 1. The second-order valence-corrected chi connectivity index (χ2v) is 1.51. The van der Waals surface area contributed by atoms with E-state index in [0.29, 0.717) is 0 Å². The summed E-state index contributed by atoms with van der Waals surface area (Å²) < 4.78 is 0. The first-order valence-corrected chi connectivity index (χ1v) is 2.42. The van der Waals surface area contributed by atoms with Gasteiger partial charge in [0.1, 0.15) is 0 Å². The van der Waals surface area contributed by atoms with Crippen molar-refractivity contribution in [2.24, 2.45) is 0 Å². The number of carbonyl (C=O) groups is 1. The molecule has 0 saturated carbocycles. The molecule has 3 heteroatoms. The van der Waals surface area contributed by atoms with E-state index in [1.165, 1.54) is 6.08 Å². The highest BCUT2D eigenvalue weighted by atomic mass is 16.4. The van der Waals surface area contributed by atoms with Crippen molar-refractivity contribution in [3.05, 3.63) is 24.1 Å². The zero-order chi connectivity index (χ0) is 7.28. The first-order chi connectivity index (χ1) is 4.22. The van der Waals surface area contributed by atoms with Crippen LogP contribution in [0.15, 0.2) is 12.7 Å². The van der Waals surface area contributed by atoms with E-state index in [1.54, 1.807) is 0 Å². The molecular formula is C6H7NO2. The molecular weight excluding hydrogens is 118 g/mol. The van der Waals surface area contributed by atoms with E-state index in [0.717, 1.165) is 0 Å². The highest BCUT2D eigenvalue weighted by Crippen LogP contribution is 1.97. The number of nitrogens with zero attached hydrogens (tertiary/aromatic N) is 1. The van der Waals surface area contributed by atoms with Crippen molar-refractivity contribution in [1.29, 1.82) is 0 Å². The fourth-order valence-corrected chi connectivity index (χ4v) is 0.367. The molecule has 0 saturated heterocycles. The van der Waals surface area contributed by atoms with Gasteiger partial charge in [-0.3, -0.25) is 0 Å². The summed E-state index contributed by atoms with van der Waals surface area (Å²) >= 11 is 0. The molecule has 0 aliphatic heterocycles. The lowest BCUT2D eigenvalue weighted by Gasteiger charge is -1.91. The van der Waals surface area contributed by atoms with E-state index in [-0.39, 0.29) is 6.42 Å². The van der Waals surface area contributed by atoms with Gasteiger partial charge in [-0.1, -0.05) is 6.08 Å². The van der Waals surface area contributed by atoms with E-state index in [1.807, 2.05) is 0 Å². The van der Waals surface area contributed by atoms with Crippen LogP contribution >= 0.6 is 0 Å². The van der Waals surface area contributed by atoms with Crippen molar-refractivity contribution in [3.8, 4) is 0 Å². The summed E-state index contributed by atoms with van der Waals surface area (Å²) in [5.41, 5.74) is 0. The fourth-order valence-electron chi connectivity index (χ4n) is 0.367. The Morgan fingerprint density at radius 3 is 2.67 bits per heavy atom. The summed E-state index contributed by atoms with van der Waals surface area (Å²) in [5.74, 6) is -1.08. The van der Waals surface area contributed by atoms with Gasteiger partial charge in [-0.2, -0.15) is 0 Å². The predicted octanol–water partition coefficient (Wildman–Crippen LogP) is 0.935. The molecule has 0 aliphatic rings. The molecule has 3 nitrogen and oxygen atoms in total. The maximum absolute atomic E-state index is 10.1. The van der Waals surface area contributed by atoms with E-state index < -0.39 is 12.0 Å². The molecule has 0 aromatic carbocycles. The standard InChI is InChI=1S/C6H7NO2/c1-3-4-5(7-2)6(8)9/h3,5H,1,4H2,(H,8,9). The molecule has 48 valence electrons. The van der Waals surface area contributed by atoms with Gasteiger partial charge >= 0.3 is 12.0 Å². The lowest BCUT2D eigenvalue weighted by atomic mass is 10.2. The third-order valence-corrected chi connectivity index (χ3v) is 0.831. The Balaban J connectivity index is 3.86. The SMILES string of the molecule is [C-]#[N+]C(CC=C)C(=O)O. The van der Waals surface area contributed by atoms with Gasteiger partial charge in [0.05, 0.1) is 6.42 Å². The zero-order valence-electron chi connectivity index (χ0n) is 4.87. The van der Waals surface area contributed by atoms with Crippen LogP contribution in [0.25, 0.3) is 4.85 Å². The molecule has 0 aliphatic carbocycles. The van der Waals surface area contributed by atoms with Crippen LogP contribution in [0.2, 0.25) is 0 Å². The van der Waals surface area contributed by atoms with Crippen LogP contribution in [0, 0.1) is 6.57 Å². The van der Waals surface area contributed by atoms with Crippen LogP contribution in [-0.2, 0) is 4.79 Å². The second-order valence-electron chi connectivity index (χ2n) is 1.51. The van der Waals surface area contributed by atoms with E-state index in [2.05, 4.69) is 11.4 Å². The molecule has 0 bridgehead atoms. The summed E-state index contributed by atoms with van der Waals surface area (Å²) in [4.78, 5) is 12.9. The Labute approximate surface area is 53.4 Å². The molecule has 0 aromatic rings. The minimum absolute atomic E-state index is 0.221. The Hall–Kier alpha value is -1.30. The van der Waals surface area contributed by atoms with Crippen molar-refractivity contribution >= 4 is 5.97 Å². The molecule has 0 heterocycles. The van der Waals surface area contributed by atoms with Crippen LogP contribution in [0.1, 0.15) is 6.42 Å². The van der Waals surface area contributed by atoms with E-state index >= 15 is 0 Å². The van der Waals surface area contributed by atoms with Crippen LogP contribution < -0.4 is 0 Å². The Kier molecular flexibility index (Phi) is 3.14. The second kappa shape index (κ2) is 3.67. The van der Waals surface area contributed by atoms with Crippen molar-refractivity contribution in [2.75, 3.05) is 0 Å². The summed E-state index contributed by atoms with van der Waals surface area (Å²) in [5, 5.41) is 8.24. The number of hydrogen-bond donors (Lipinski definition) is 1. The van der Waals surface area contributed by atoms with Crippen molar-refractivity contribution < 1.29 is 9.90 Å². The summed E-state index contributed by atoms with van der Waals surface area (Å²) in [6.07, 6.45) is 1.65. The monoisotopic (exact) mass is 125 g/mol. The minimum Gasteiger partial charge on any atom is -0.476 e. The molecule has 0 radical (unpaired) electrons.